The molecule has 0 aliphatic carbocycles. The zero-order valence-corrected chi connectivity index (χ0v) is 9.16. The molecule has 84 valence electrons. The number of halogens is 1. The van der Waals surface area contributed by atoms with Crippen LogP contribution in [0.3, 0.4) is 0 Å². The van der Waals surface area contributed by atoms with Crippen molar-refractivity contribution in [2.75, 3.05) is 0 Å². The Balaban J connectivity index is 2.38. The van der Waals surface area contributed by atoms with Gasteiger partial charge in [0, 0.05) is 23.5 Å². The number of fused-ring (bicyclic) bond motifs is 1. The topological polar surface area (TPSA) is 79.1 Å². The minimum Gasteiger partial charge on any atom is -0.479 e. The maximum absolute atomic E-state index is 10.8. The summed E-state index contributed by atoms with van der Waals surface area (Å²) in [5.74, 6) is -1.22. The summed E-state index contributed by atoms with van der Waals surface area (Å²) in [5, 5.41) is 9.79. The van der Waals surface area contributed by atoms with E-state index in [9.17, 15) is 4.79 Å². The molecule has 1 heterocycles. The minimum absolute atomic E-state index is 0.0773. The van der Waals surface area contributed by atoms with Crippen LogP contribution in [-0.4, -0.2) is 21.1 Å². The predicted octanol–water partition coefficient (Wildman–Crippen LogP) is 1.69. The van der Waals surface area contributed by atoms with Crippen LogP contribution in [0.15, 0.2) is 30.5 Å². The normalized spacial score (nSPS) is 14.9. The van der Waals surface area contributed by atoms with Gasteiger partial charge in [0.1, 0.15) is 0 Å². The largest absolute Gasteiger partial charge is 0.479 e. The molecular formula is C11H11ClN2O2. The first-order chi connectivity index (χ1) is 7.50. The summed E-state index contributed by atoms with van der Waals surface area (Å²) < 4.78 is 0. The molecule has 1 aromatic heterocycles. The quantitative estimate of drug-likeness (QED) is 0.562. The van der Waals surface area contributed by atoms with Gasteiger partial charge in [0.15, 0.2) is 5.00 Å². The number of alkyl halides is 1. The molecule has 0 radical (unpaired) electrons. The standard InChI is InChI=1S/C11H11ClN2O2/c12-11(13,10(15)16)5-7-6-14-9-4-2-1-3-8(7)9/h1-4,6,14H,5,13H2,(H,15,16)/t11-/m1/s1. The number of rotatable bonds is 3. The van der Waals surface area contributed by atoms with Gasteiger partial charge in [-0.2, -0.15) is 0 Å². The zero-order valence-electron chi connectivity index (χ0n) is 8.40. The van der Waals surface area contributed by atoms with Gasteiger partial charge in [-0.3, -0.25) is 0 Å². The van der Waals surface area contributed by atoms with Gasteiger partial charge in [0.2, 0.25) is 0 Å². The Morgan fingerprint density at radius 1 is 1.50 bits per heavy atom. The second-order valence-electron chi connectivity index (χ2n) is 3.70. The van der Waals surface area contributed by atoms with E-state index in [4.69, 9.17) is 22.4 Å². The fourth-order valence-electron chi connectivity index (χ4n) is 1.63. The molecule has 0 aliphatic rings. The molecule has 2 aromatic rings. The number of aromatic amines is 1. The van der Waals surface area contributed by atoms with Crippen LogP contribution in [0.1, 0.15) is 5.56 Å². The number of para-hydroxylation sites is 1. The lowest BCUT2D eigenvalue weighted by Crippen LogP contribution is -2.44. The lowest BCUT2D eigenvalue weighted by atomic mass is 10.1. The van der Waals surface area contributed by atoms with E-state index < -0.39 is 11.0 Å². The van der Waals surface area contributed by atoms with Gasteiger partial charge in [-0.25, -0.2) is 4.79 Å². The highest BCUT2D eigenvalue weighted by atomic mass is 35.5. The number of H-pyrrole nitrogens is 1. The molecule has 5 heteroatoms. The number of benzene rings is 1. The van der Waals surface area contributed by atoms with Crippen molar-refractivity contribution in [3.63, 3.8) is 0 Å². The van der Waals surface area contributed by atoms with Crippen molar-refractivity contribution >= 4 is 28.5 Å². The van der Waals surface area contributed by atoms with E-state index in [-0.39, 0.29) is 6.42 Å². The number of hydrogen-bond acceptors (Lipinski definition) is 2. The Kier molecular flexibility index (Phi) is 2.61. The van der Waals surface area contributed by atoms with Crippen LogP contribution in [0.5, 0.6) is 0 Å². The molecule has 4 nitrogen and oxygen atoms in total. The van der Waals surface area contributed by atoms with Gasteiger partial charge in [-0.15, -0.1) is 0 Å². The molecule has 16 heavy (non-hydrogen) atoms. The maximum atomic E-state index is 10.8. The fraction of sp³-hybridized carbons (Fsp3) is 0.182. The summed E-state index contributed by atoms with van der Waals surface area (Å²) in [6, 6.07) is 7.59. The van der Waals surface area contributed by atoms with Crippen molar-refractivity contribution in [3.05, 3.63) is 36.0 Å². The average Bonchev–Trinajstić information content (AvgIpc) is 2.61. The van der Waals surface area contributed by atoms with E-state index in [1.54, 1.807) is 6.20 Å². The molecule has 0 aliphatic heterocycles. The van der Waals surface area contributed by atoms with Crippen LogP contribution in [0.4, 0.5) is 0 Å². The molecule has 4 N–H and O–H groups in total. The van der Waals surface area contributed by atoms with Crippen molar-refractivity contribution in [3.8, 4) is 0 Å². The molecule has 0 saturated heterocycles. The molecule has 0 saturated carbocycles. The zero-order chi connectivity index (χ0) is 11.8. The van der Waals surface area contributed by atoms with Gasteiger partial charge < -0.3 is 15.8 Å². The van der Waals surface area contributed by atoms with Crippen LogP contribution in [-0.2, 0) is 11.2 Å². The number of carbonyl (C=O) groups is 1. The van der Waals surface area contributed by atoms with Gasteiger partial charge in [0.05, 0.1) is 0 Å². The third-order valence-corrected chi connectivity index (χ3v) is 2.77. The molecule has 0 fully saturated rings. The van der Waals surface area contributed by atoms with Crippen LogP contribution in [0, 0.1) is 0 Å². The first kappa shape index (κ1) is 11.0. The number of hydrogen-bond donors (Lipinski definition) is 3. The van der Waals surface area contributed by atoms with Gasteiger partial charge in [0.25, 0.3) is 0 Å². The summed E-state index contributed by atoms with van der Waals surface area (Å²) >= 11 is 5.73. The molecule has 1 aromatic carbocycles. The van der Waals surface area contributed by atoms with Crippen molar-refractivity contribution in [1.29, 1.82) is 0 Å². The second-order valence-corrected chi connectivity index (χ2v) is 4.38. The summed E-state index contributed by atoms with van der Waals surface area (Å²) in [6.45, 7) is 0. The van der Waals surface area contributed by atoms with Crippen molar-refractivity contribution in [1.82, 2.24) is 4.98 Å². The van der Waals surface area contributed by atoms with Crippen LogP contribution < -0.4 is 5.73 Å². The number of nitrogens with two attached hydrogens (primary N) is 1. The Bertz CT molecular complexity index is 534. The van der Waals surface area contributed by atoms with E-state index in [0.717, 1.165) is 16.5 Å². The number of carboxylic acid groups (broad SMARTS) is 1. The first-order valence-electron chi connectivity index (χ1n) is 4.77. The highest BCUT2D eigenvalue weighted by molar-refractivity contribution is 6.33. The number of aromatic nitrogens is 1. The summed E-state index contributed by atoms with van der Waals surface area (Å²) in [4.78, 5) is 12.1. The molecular weight excluding hydrogens is 228 g/mol. The third-order valence-electron chi connectivity index (χ3n) is 2.48. The van der Waals surface area contributed by atoms with E-state index in [0.29, 0.717) is 0 Å². The Morgan fingerprint density at radius 2 is 2.19 bits per heavy atom. The third kappa shape index (κ3) is 1.89. The molecule has 2 rings (SSSR count). The van der Waals surface area contributed by atoms with Crippen LogP contribution in [0.2, 0.25) is 0 Å². The van der Waals surface area contributed by atoms with E-state index in [2.05, 4.69) is 4.98 Å². The molecule has 0 spiro atoms. The highest BCUT2D eigenvalue weighted by Crippen LogP contribution is 2.23. The lowest BCUT2D eigenvalue weighted by molar-refractivity contribution is -0.140. The van der Waals surface area contributed by atoms with Gasteiger partial charge in [-0.05, 0) is 11.6 Å². The predicted molar refractivity (Wildman–Crippen MR) is 62.4 cm³/mol. The Labute approximate surface area is 97.0 Å². The first-order valence-corrected chi connectivity index (χ1v) is 5.15. The number of nitrogens with one attached hydrogen (secondary N) is 1. The molecule has 0 bridgehead atoms. The second kappa shape index (κ2) is 3.81. The lowest BCUT2D eigenvalue weighted by Gasteiger charge is -2.15. The summed E-state index contributed by atoms with van der Waals surface area (Å²) in [5.41, 5.74) is 7.24. The van der Waals surface area contributed by atoms with Crippen LogP contribution in [0.25, 0.3) is 10.9 Å². The van der Waals surface area contributed by atoms with E-state index in [1.165, 1.54) is 0 Å². The number of aliphatic carboxylic acids is 1. The highest BCUT2D eigenvalue weighted by Gasteiger charge is 2.32. The Morgan fingerprint density at radius 3 is 2.88 bits per heavy atom. The summed E-state index contributed by atoms with van der Waals surface area (Å²) in [7, 11) is 0. The summed E-state index contributed by atoms with van der Waals surface area (Å²) in [6.07, 6.45) is 1.81. The van der Waals surface area contributed by atoms with Crippen molar-refractivity contribution in [2.24, 2.45) is 5.73 Å². The minimum atomic E-state index is -1.76. The number of carboxylic acids is 1. The monoisotopic (exact) mass is 238 g/mol. The van der Waals surface area contributed by atoms with Gasteiger partial charge >= 0.3 is 5.97 Å². The SMILES string of the molecule is N[C@](Cl)(Cc1c[nH]c2ccccc12)C(=O)O. The molecule has 1 atom stereocenters. The van der Waals surface area contributed by atoms with E-state index in [1.807, 2.05) is 24.3 Å². The van der Waals surface area contributed by atoms with E-state index >= 15 is 0 Å². The van der Waals surface area contributed by atoms with Crippen molar-refractivity contribution in [2.45, 2.75) is 11.4 Å². The maximum Gasteiger partial charge on any atom is 0.339 e. The fourth-order valence-corrected chi connectivity index (χ4v) is 1.77. The smallest absolute Gasteiger partial charge is 0.339 e. The molecule has 0 unspecified atom stereocenters. The van der Waals surface area contributed by atoms with Crippen LogP contribution >= 0.6 is 11.6 Å². The average molecular weight is 239 g/mol. The van der Waals surface area contributed by atoms with Gasteiger partial charge in [-0.1, -0.05) is 29.8 Å². The van der Waals surface area contributed by atoms with Crippen molar-refractivity contribution < 1.29 is 9.90 Å². The Hall–Kier alpha value is -1.52. The molecule has 0 amide bonds.